The molecule has 0 fully saturated rings. The standard InChI is InChI=1S/C19H20ClN5O4/c1-27-13-4-5-17(28-2)12(8-13)6-7-21-19(26)14-9-15(20)16(10-18(14)29-3)25-11-22-23-24-25/h4-5,8-11H,6-7H2,1-3H3,(H,21,26). The van der Waals surface area contributed by atoms with E-state index in [1.54, 1.807) is 20.3 Å². The highest BCUT2D eigenvalue weighted by Crippen LogP contribution is 2.29. The molecule has 0 aliphatic carbocycles. The predicted octanol–water partition coefficient (Wildman–Crippen LogP) is 2.31. The first-order valence-electron chi connectivity index (χ1n) is 8.67. The number of hydrogen-bond acceptors (Lipinski definition) is 7. The van der Waals surface area contributed by atoms with Gasteiger partial charge < -0.3 is 19.5 Å². The van der Waals surface area contributed by atoms with Crippen molar-refractivity contribution in [3.8, 4) is 22.9 Å². The van der Waals surface area contributed by atoms with Gasteiger partial charge in [0.1, 0.15) is 23.6 Å². The number of rotatable bonds is 8. The molecule has 0 saturated carbocycles. The van der Waals surface area contributed by atoms with Crippen LogP contribution in [0.1, 0.15) is 15.9 Å². The van der Waals surface area contributed by atoms with E-state index < -0.39 is 0 Å². The molecule has 0 aliphatic rings. The molecule has 0 spiro atoms. The molecule has 3 aromatic rings. The van der Waals surface area contributed by atoms with Crippen LogP contribution in [-0.4, -0.2) is 54.0 Å². The van der Waals surface area contributed by atoms with Gasteiger partial charge in [-0.05, 0) is 46.7 Å². The zero-order valence-corrected chi connectivity index (χ0v) is 16.9. The molecule has 0 bridgehead atoms. The van der Waals surface area contributed by atoms with Crippen molar-refractivity contribution in [3.05, 3.63) is 52.8 Å². The summed E-state index contributed by atoms with van der Waals surface area (Å²) in [6, 6.07) is 8.66. The van der Waals surface area contributed by atoms with E-state index >= 15 is 0 Å². The molecule has 1 N–H and O–H groups in total. The van der Waals surface area contributed by atoms with Gasteiger partial charge in [0.05, 0.1) is 37.6 Å². The van der Waals surface area contributed by atoms with Gasteiger partial charge in [0, 0.05) is 12.6 Å². The van der Waals surface area contributed by atoms with Gasteiger partial charge in [-0.25, -0.2) is 0 Å². The smallest absolute Gasteiger partial charge is 0.255 e. The van der Waals surface area contributed by atoms with Crippen LogP contribution in [0.4, 0.5) is 0 Å². The number of amides is 1. The van der Waals surface area contributed by atoms with Crippen LogP contribution < -0.4 is 19.5 Å². The van der Waals surface area contributed by atoms with Crippen LogP contribution in [0.3, 0.4) is 0 Å². The summed E-state index contributed by atoms with van der Waals surface area (Å²) in [5.41, 5.74) is 1.74. The van der Waals surface area contributed by atoms with Crippen molar-refractivity contribution in [2.75, 3.05) is 27.9 Å². The summed E-state index contributed by atoms with van der Waals surface area (Å²) < 4.78 is 17.4. The van der Waals surface area contributed by atoms with Crippen molar-refractivity contribution in [2.24, 2.45) is 0 Å². The van der Waals surface area contributed by atoms with E-state index in [9.17, 15) is 4.79 Å². The van der Waals surface area contributed by atoms with Gasteiger partial charge in [-0.15, -0.1) is 5.10 Å². The molecule has 1 aromatic heterocycles. The second-order valence-corrected chi connectivity index (χ2v) is 6.35. The zero-order chi connectivity index (χ0) is 20.8. The van der Waals surface area contributed by atoms with Gasteiger partial charge >= 0.3 is 0 Å². The van der Waals surface area contributed by atoms with Crippen LogP contribution in [0.25, 0.3) is 5.69 Å². The number of aromatic nitrogens is 4. The molecule has 10 heteroatoms. The fraction of sp³-hybridized carbons (Fsp3) is 0.263. The SMILES string of the molecule is COc1ccc(OC)c(CCNC(=O)c2cc(Cl)c(-n3cnnn3)cc2OC)c1. The lowest BCUT2D eigenvalue weighted by Gasteiger charge is -2.13. The van der Waals surface area contributed by atoms with Crippen LogP contribution in [0.5, 0.6) is 17.2 Å². The maximum atomic E-state index is 12.7. The minimum atomic E-state index is -0.311. The monoisotopic (exact) mass is 417 g/mol. The maximum absolute atomic E-state index is 12.7. The van der Waals surface area contributed by atoms with E-state index in [0.717, 1.165) is 17.1 Å². The Labute approximate surface area is 172 Å². The first-order chi connectivity index (χ1) is 14.1. The van der Waals surface area contributed by atoms with Crippen molar-refractivity contribution < 1.29 is 19.0 Å². The zero-order valence-electron chi connectivity index (χ0n) is 16.2. The van der Waals surface area contributed by atoms with E-state index in [-0.39, 0.29) is 5.91 Å². The molecule has 0 atom stereocenters. The highest BCUT2D eigenvalue weighted by molar-refractivity contribution is 6.33. The van der Waals surface area contributed by atoms with Gasteiger partial charge in [-0.2, -0.15) is 4.68 Å². The molecule has 0 aliphatic heterocycles. The van der Waals surface area contributed by atoms with Crippen molar-refractivity contribution in [2.45, 2.75) is 6.42 Å². The summed E-state index contributed by atoms with van der Waals surface area (Å²) in [4.78, 5) is 12.7. The van der Waals surface area contributed by atoms with Gasteiger partial charge in [0.25, 0.3) is 5.91 Å². The number of carbonyl (C=O) groups excluding carboxylic acids is 1. The molecule has 2 aromatic carbocycles. The van der Waals surface area contributed by atoms with Crippen LogP contribution >= 0.6 is 11.6 Å². The van der Waals surface area contributed by atoms with Crippen LogP contribution in [0, 0.1) is 0 Å². The Morgan fingerprint density at radius 3 is 2.55 bits per heavy atom. The minimum absolute atomic E-state index is 0.311. The Morgan fingerprint density at radius 1 is 1.10 bits per heavy atom. The molecule has 3 rings (SSSR count). The van der Waals surface area contributed by atoms with Crippen LogP contribution in [-0.2, 0) is 6.42 Å². The third-order valence-electron chi connectivity index (χ3n) is 4.28. The fourth-order valence-electron chi connectivity index (χ4n) is 2.82. The lowest BCUT2D eigenvalue weighted by Crippen LogP contribution is -2.26. The molecule has 1 heterocycles. The number of nitrogens with one attached hydrogen (secondary N) is 1. The molecule has 29 heavy (non-hydrogen) atoms. The number of halogens is 1. The maximum Gasteiger partial charge on any atom is 0.255 e. The van der Waals surface area contributed by atoms with Crippen LogP contribution in [0.15, 0.2) is 36.7 Å². The number of carbonyl (C=O) groups is 1. The van der Waals surface area contributed by atoms with E-state index in [4.69, 9.17) is 25.8 Å². The Bertz CT molecular complexity index is 995. The number of nitrogens with zero attached hydrogens (tertiary/aromatic N) is 4. The molecule has 9 nitrogen and oxygen atoms in total. The highest BCUT2D eigenvalue weighted by atomic mass is 35.5. The fourth-order valence-corrected chi connectivity index (χ4v) is 3.07. The molecule has 0 unspecified atom stereocenters. The second kappa shape index (κ2) is 9.24. The molecule has 1 amide bonds. The van der Waals surface area contributed by atoms with Gasteiger partial charge in [-0.3, -0.25) is 4.79 Å². The lowest BCUT2D eigenvalue weighted by atomic mass is 10.1. The first-order valence-corrected chi connectivity index (χ1v) is 9.05. The Morgan fingerprint density at radius 2 is 1.90 bits per heavy atom. The number of benzene rings is 2. The molecule has 0 radical (unpaired) electrons. The van der Waals surface area contributed by atoms with Gasteiger partial charge in [-0.1, -0.05) is 11.6 Å². The number of hydrogen-bond donors (Lipinski definition) is 1. The van der Waals surface area contributed by atoms with E-state index in [2.05, 4.69) is 20.8 Å². The van der Waals surface area contributed by atoms with Crippen LogP contribution in [0.2, 0.25) is 5.02 Å². The largest absolute Gasteiger partial charge is 0.497 e. The summed E-state index contributed by atoms with van der Waals surface area (Å²) in [6.07, 6.45) is 1.97. The highest BCUT2D eigenvalue weighted by Gasteiger charge is 2.17. The Hall–Kier alpha value is -3.33. The average molecular weight is 418 g/mol. The van der Waals surface area contributed by atoms with Crippen molar-refractivity contribution in [3.63, 3.8) is 0 Å². The minimum Gasteiger partial charge on any atom is -0.497 e. The lowest BCUT2D eigenvalue weighted by molar-refractivity contribution is 0.0951. The van der Waals surface area contributed by atoms with Crippen molar-refractivity contribution >= 4 is 17.5 Å². The Kier molecular flexibility index (Phi) is 6.50. The van der Waals surface area contributed by atoms with Gasteiger partial charge in [0.2, 0.25) is 0 Å². The molecule has 0 saturated heterocycles. The number of methoxy groups -OCH3 is 3. The van der Waals surface area contributed by atoms with E-state index in [0.29, 0.717) is 35.0 Å². The molecule has 152 valence electrons. The predicted molar refractivity (Wildman–Crippen MR) is 106 cm³/mol. The normalized spacial score (nSPS) is 10.5. The number of ether oxygens (including phenoxy) is 3. The van der Waals surface area contributed by atoms with Crippen molar-refractivity contribution in [1.29, 1.82) is 0 Å². The average Bonchev–Trinajstić information content (AvgIpc) is 3.27. The summed E-state index contributed by atoms with van der Waals surface area (Å²) in [5, 5.41) is 14.2. The van der Waals surface area contributed by atoms with E-state index in [1.165, 1.54) is 24.2 Å². The second-order valence-electron chi connectivity index (χ2n) is 5.94. The quantitative estimate of drug-likeness (QED) is 0.600. The molecular formula is C19H20ClN5O4. The van der Waals surface area contributed by atoms with Crippen molar-refractivity contribution in [1.82, 2.24) is 25.5 Å². The first kappa shape index (κ1) is 20.4. The number of tetrazole rings is 1. The van der Waals surface area contributed by atoms with E-state index in [1.807, 2.05) is 18.2 Å². The van der Waals surface area contributed by atoms with Gasteiger partial charge in [0.15, 0.2) is 0 Å². The Balaban J connectivity index is 1.74. The third-order valence-corrected chi connectivity index (χ3v) is 4.58. The summed E-state index contributed by atoms with van der Waals surface area (Å²) in [7, 11) is 4.68. The summed E-state index contributed by atoms with van der Waals surface area (Å²) in [6.45, 7) is 0.387. The topological polar surface area (TPSA) is 100 Å². The summed E-state index contributed by atoms with van der Waals surface area (Å²) in [5.74, 6) is 1.50. The summed E-state index contributed by atoms with van der Waals surface area (Å²) >= 11 is 6.31. The third kappa shape index (κ3) is 4.57. The molecular weight excluding hydrogens is 398 g/mol.